The van der Waals surface area contributed by atoms with Crippen LogP contribution in [-0.2, 0) is 4.79 Å². The number of nitrogens with zero attached hydrogens (tertiary/aromatic N) is 4. The van der Waals surface area contributed by atoms with Crippen molar-refractivity contribution < 1.29 is 9.59 Å². The van der Waals surface area contributed by atoms with Crippen LogP contribution in [0.4, 0.5) is 5.69 Å². The number of nitriles is 1. The Kier molecular flexibility index (Phi) is 6.48. The topological polar surface area (TPSA) is 79.7 Å². The van der Waals surface area contributed by atoms with E-state index in [-0.39, 0.29) is 24.4 Å². The minimum absolute atomic E-state index is 0.0458. The molecule has 3 aliphatic rings. The molecule has 2 aromatic carbocycles. The molecule has 34 heavy (non-hydrogen) atoms. The molecule has 175 valence electrons. The Morgan fingerprint density at radius 2 is 1.76 bits per heavy atom. The lowest BCUT2D eigenvalue weighted by Crippen LogP contribution is -2.47. The van der Waals surface area contributed by atoms with Crippen molar-refractivity contribution in [2.75, 3.05) is 44.7 Å². The molecule has 2 heterocycles. The quantitative estimate of drug-likeness (QED) is 0.716. The zero-order chi connectivity index (χ0) is 23.7. The van der Waals surface area contributed by atoms with Crippen LogP contribution >= 0.6 is 11.8 Å². The van der Waals surface area contributed by atoms with Gasteiger partial charge in [-0.25, -0.2) is 0 Å². The second-order valence-corrected chi connectivity index (χ2v) is 10.2. The second-order valence-electron chi connectivity index (χ2n) is 9.16. The molecule has 8 heteroatoms. The minimum Gasteiger partial charge on any atom is -0.352 e. The number of nitrogens with one attached hydrogen (secondary N) is 1. The van der Waals surface area contributed by atoms with Crippen molar-refractivity contribution in [3.8, 4) is 17.2 Å². The first-order chi connectivity index (χ1) is 16.5. The average molecular weight is 475 g/mol. The maximum atomic E-state index is 12.8. The number of anilines is 1. The number of amides is 2. The van der Waals surface area contributed by atoms with E-state index in [9.17, 15) is 14.9 Å². The van der Waals surface area contributed by atoms with Crippen molar-refractivity contribution in [1.29, 1.82) is 5.26 Å². The van der Waals surface area contributed by atoms with Crippen molar-refractivity contribution in [2.24, 2.45) is 0 Å². The van der Waals surface area contributed by atoms with Gasteiger partial charge >= 0.3 is 0 Å². The van der Waals surface area contributed by atoms with Gasteiger partial charge in [-0.2, -0.15) is 5.26 Å². The maximum Gasteiger partial charge on any atom is 0.253 e. The number of carbonyl (C=O) groups excluding carboxylic acids is 2. The molecule has 0 unspecified atom stereocenters. The fourth-order valence-corrected chi connectivity index (χ4v) is 5.47. The molecule has 5 rings (SSSR count). The molecule has 2 aromatic rings. The van der Waals surface area contributed by atoms with Crippen LogP contribution in [0.2, 0.25) is 0 Å². The number of piperazine rings is 1. The minimum atomic E-state index is -0.0458. The van der Waals surface area contributed by atoms with Crippen molar-refractivity contribution in [3.63, 3.8) is 0 Å². The number of thioether (sulfide) groups is 1. The molecule has 2 amide bonds. The average Bonchev–Trinajstić information content (AvgIpc) is 3.18. The summed E-state index contributed by atoms with van der Waals surface area (Å²) in [5, 5.41) is 13.2. The van der Waals surface area contributed by atoms with Gasteiger partial charge in [-0.05, 0) is 61.7 Å². The summed E-state index contributed by atoms with van der Waals surface area (Å²) in [6.45, 7) is 3.47. The molecule has 1 N–H and O–H groups in total. The maximum absolute atomic E-state index is 12.8. The number of hydrogen-bond acceptors (Lipinski definition) is 6. The second kappa shape index (κ2) is 9.69. The van der Waals surface area contributed by atoms with Gasteiger partial charge in [-0.15, -0.1) is 0 Å². The molecule has 7 nitrogen and oxygen atoms in total. The standard InChI is InChI=1S/C26H28N5O2S/c1-29-11-13-30(14-12-29)26(33)19-7-5-18(6-8-19)20-9-10-22-23(15-20)34-25(16-27)31(22)17-24(32)28-21-3-2-4-21/h5-10,15,21H,2-4,11-14,17H2,1H3,(H,28,32). The summed E-state index contributed by atoms with van der Waals surface area (Å²) in [6.07, 6.45) is 3.24. The molecule has 1 saturated carbocycles. The summed E-state index contributed by atoms with van der Waals surface area (Å²) < 4.78 is 0. The molecular weight excluding hydrogens is 446 g/mol. The summed E-state index contributed by atoms with van der Waals surface area (Å²) in [6, 6.07) is 16.3. The monoisotopic (exact) mass is 474 g/mol. The van der Waals surface area contributed by atoms with Crippen LogP contribution in [0.1, 0.15) is 29.6 Å². The van der Waals surface area contributed by atoms with Crippen LogP contribution in [0, 0.1) is 16.7 Å². The molecule has 2 aliphatic heterocycles. The highest BCUT2D eigenvalue weighted by atomic mass is 32.2. The number of benzene rings is 2. The Bertz CT molecular complexity index is 1120. The number of hydrogen-bond donors (Lipinski definition) is 1. The summed E-state index contributed by atoms with van der Waals surface area (Å²) in [7, 11) is 2.08. The van der Waals surface area contributed by atoms with Crippen LogP contribution in [0.5, 0.6) is 0 Å². The lowest BCUT2D eigenvalue weighted by atomic mass is 9.93. The fourth-order valence-electron chi connectivity index (χ4n) is 4.47. The van der Waals surface area contributed by atoms with Crippen molar-refractivity contribution in [2.45, 2.75) is 30.2 Å². The first kappa shape index (κ1) is 22.8. The van der Waals surface area contributed by atoms with E-state index in [0.29, 0.717) is 10.9 Å². The van der Waals surface area contributed by atoms with E-state index in [0.717, 1.165) is 67.2 Å². The summed E-state index contributed by atoms with van der Waals surface area (Å²) in [4.78, 5) is 32.2. The van der Waals surface area contributed by atoms with Crippen molar-refractivity contribution in [3.05, 3.63) is 53.4 Å². The molecule has 0 spiro atoms. The molecular formula is C26H28N5O2S. The first-order valence-corrected chi connectivity index (χ1v) is 12.6. The van der Waals surface area contributed by atoms with E-state index in [1.54, 1.807) is 4.90 Å². The first-order valence-electron chi connectivity index (χ1n) is 11.8. The Hall–Kier alpha value is -3.02. The predicted molar refractivity (Wildman–Crippen MR) is 133 cm³/mol. The van der Waals surface area contributed by atoms with E-state index in [1.807, 2.05) is 41.3 Å². The van der Waals surface area contributed by atoms with E-state index in [1.165, 1.54) is 11.8 Å². The highest BCUT2D eigenvalue weighted by Gasteiger charge is 2.34. The Morgan fingerprint density at radius 1 is 1.06 bits per heavy atom. The molecule has 1 aliphatic carbocycles. The van der Waals surface area contributed by atoms with Crippen molar-refractivity contribution >= 4 is 29.3 Å². The lowest BCUT2D eigenvalue weighted by molar-refractivity contribution is -0.120. The van der Waals surface area contributed by atoms with Crippen LogP contribution < -0.4 is 10.2 Å². The largest absolute Gasteiger partial charge is 0.352 e. The smallest absolute Gasteiger partial charge is 0.253 e. The molecule has 1 radical (unpaired) electrons. The third-order valence-corrected chi connectivity index (χ3v) is 7.88. The summed E-state index contributed by atoms with van der Waals surface area (Å²) >= 11 is 1.40. The molecule has 0 atom stereocenters. The van der Waals surface area contributed by atoms with Gasteiger partial charge in [0.15, 0.2) is 0 Å². The Labute approximate surface area is 204 Å². The van der Waals surface area contributed by atoms with E-state index >= 15 is 0 Å². The molecule has 1 saturated heterocycles. The number of fused-ring (bicyclic) bond motifs is 1. The van der Waals surface area contributed by atoms with Gasteiger partial charge in [0.1, 0.15) is 6.07 Å². The molecule has 0 bridgehead atoms. The van der Waals surface area contributed by atoms with E-state index in [2.05, 4.69) is 29.4 Å². The Balaban J connectivity index is 1.29. The van der Waals surface area contributed by atoms with Gasteiger partial charge in [0.2, 0.25) is 11.3 Å². The van der Waals surface area contributed by atoms with E-state index in [4.69, 9.17) is 0 Å². The highest BCUT2D eigenvalue weighted by Crippen LogP contribution is 2.48. The fraction of sp³-hybridized carbons (Fsp3) is 0.385. The van der Waals surface area contributed by atoms with Gasteiger partial charge < -0.3 is 20.0 Å². The normalized spacial score (nSPS) is 18.8. The van der Waals surface area contributed by atoms with Gasteiger partial charge in [-0.3, -0.25) is 9.59 Å². The van der Waals surface area contributed by atoms with E-state index < -0.39 is 0 Å². The number of rotatable bonds is 5. The van der Waals surface area contributed by atoms with Crippen LogP contribution in [0.3, 0.4) is 0 Å². The third-order valence-electron chi connectivity index (χ3n) is 6.83. The van der Waals surface area contributed by atoms with Crippen molar-refractivity contribution in [1.82, 2.24) is 15.1 Å². The van der Waals surface area contributed by atoms with Gasteiger partial charge in [0, 0.05) is 42.7 Å². The zero-order valence-electron chi connectivity index (χ0n) is 19.3. The Morgan fingerprint density at radius 3 is 2.41 bits per heavy atom. The SMILES string of the molecule is CN1CCN(C(=O)c2ccc(-c3ccc4c(c3)S[C](C#N)N4CC(=O)NC3CCC3)cc2)CC1. The molecule has 2 fully saturated rings. The summed E-state index contributed by atoms with van der Waals surface area (Å²) in [5.41, 5.74) is 3.62. The van der Waals surface area contributed by atoms with Crippen LogP contribution in [0.15, 0.2) is 47.4 Å². The van der Waals surface area contributed by atoms with Gasteiger partial charge in [-0.1, -0.05) is 30.0 Å². The zero-order valence-corrected chi connectivity index (χ0v) is 20.1. The third kappa shape index (κ3) is 4.63. The van der Waals surface area contributed by atoms with Crippen LogP contribution in [0.25, 0.3) is 11.1 Å². The molecule has 0 aromatic heterocycles. The van der Waals surface area contributed by atoms with Gasteiger partial charge in [0.05, 0.1) is 12.2 Å². The summed E-state index contributed by atoms with van der Waals surface area (Å²) in [5.74, 6) is 0.0313. The lowest BCUT2D eigenvalue weighted by Gasteiger charge is -2.32. The highest BCUT2D eigenvalue weighted by molar-refractivity contribution is 8.03. The van der Waals surface area contributed by atoms with Crippen LogP contribution in [-0.4, -0.2) is 67.4 Å². The van der Waals surface area contributed by atoms with Gasteiger partial charge in [0.25, 0.3) is 5.91 Å². The predicted octanol–water partition coefficient (Wildman–Crippen LogP) is 3.34. The number of carbonyl (C=O) groups is 2. The number of likely N-dealkylation sites (N-methyl/N-ethyl adjacent to an activating group) is 1.